The van der Waals surface area contributed by atoms with Crippen molar-refractivity contribution in [2.75, 3.05) is 0 Å². The highest BCUT2D eigenvalue weighted by Crippen LogP contribution is 2.41. The second kappa shape index (κ2) is 5.79. The Morgan fingerprint density at radius 1 is 1.04 bits per heavy atom. The van der Waals surface area contributed by atoms with Gasteiger partial charge in [0.2, 0.25) is 0 Å². The first kappa shape index (κ1) is 15.3. The smallest absolute Gasteiger partial charge is 0.290 e. The topological polar surface area (TPSA) is 81.2 Å². The van der Waals surface area contributed by atoms with E-state index in [0.717, 1.165) is 25.7 Å². The zero-order valence-electron chi connectivity index (χ0n) is 14.1. The van der Waals surface area contributed by atoms with E-state index in [2.05, 4.69) is 10.2 Å². The lowest BCUT2D eigenvalue weighted by molar-refractivity contribution is 0.0481. The third-order valence-corrected chi connectivity index (χ3v) is 5.55. The van der Waals surface area contributed by atoms with Crippen LogP contribution in [0.15, 0.2) is 51.9 Å². The first-order chi connectivity index (χ1) is 12.7. The zero-order valence-corrected chi connectivity index (χ0v) is 14.1. The largest absolute Gasteiger partial charge is 0.451 e. The Bertz CT molecular complexity index is 1010. The van der Waals surface area contributed by atoms with Crippen molar-refractivity contribution in [3.63, 3.8) is 0 Å². The second-order valence-electron chi connectivity index (χ2n) is 7.04. The van der Waals surface area contributed by atoms with E-state index in [4.69, 9.17) is 4.42 Å². The van der Waals surface area contributed by atoms with Crippen LogP contribution in [0.3, 0.4) is 0 Å². The van der Waals surface area contributed by atoms with Crippen LogP contribution in [-0.4, -0.2) is 37.9 Å². The molecule has 2 fully saturated rings. The number of fused-ring (bicyclic) bond motifs is 3. The summed E-state index contributed by atoms with van der Waals surface area (Å²) in [6, 6.07) is 8.82. The lowest BCUT2D eigenvalue weighted by Crippen LogP contribution is -2.47. The van der Waals surface area contributed by atoms with E-state index >= 15 is 0 Å². The Morgan fingerprint density at radius 3 is 2.46 bits per heavy atom. The molecule has 2 saturated heterocycles. The molecule has 1 amide bonds. The van der Waals surface area contributed by atoms with Gasteiger partial charge in [-0.25, -0.2) is 0 Å². The number of carbonyl (C=O) groups excluding carboxylic acids is 1. The summed E-state index contributed by atoms with van der Waals surface area (Å²) >= 11 is 0. The number of para-hydroxylation sites is 1. The van der Waals surface area contributed by atoms with Gasteiger partial charge in [-0.3, -0.25) is 9.59 Å². The summed E-state index contributed by atoms with van der Waals surface area (Å²) in [5.74, 6) is -0.0616. The minimum Gasteiger partial charge on any atom is -0.451 e. The minimum absolute atomic E-state index is 0.126. The number of carbonyl (C=O) groups is 1. The molecule has 7 heteroatoms. The summed E-state index contributed by atoms with van der Waals surface area (Å²) in [5, 5.41) is 9.00. The summed E-state index contributed by atoms with van der Waals surface area (Å²) in [5.41, 5.74) is 0.268. The molecule has 2 aliphatic rings. The lowest BCUT2D eigenvalue weighted by atomic mass is 9.97. The number of amides is 1. The maximum Gasteiger partial charge on any atom is 0.290 e. The molecule has 0 spiro atoms. The molecule has 132 valence electrons. The van der Waals surface area contributed by atoms with E-state index in [0.29, 0.717) is 11.0 Å². The standard InChI is InChI=1S/C19H18N4O3/c24-16-11-18(26-17-4-2-1-3-15(16)17)19(25)22-12-5-6-13(22)10-14(9-12)23-20-7-8-21-23/h1-4,7-8,11-14H,5-6,9-10H2. The maximum atomic E-state index is 13.1. The average Bonchev–Trinajstić information content (AvgIpc) is 3.28. The van der Waals surface area contributed by atoms with E-state index < -0.39 is 0 Å². The number of nitrogens with zero attached hydrogens (tertiary/aromatic N) is 4. The SMILES string of the molecule is O=C(c1cc(=O)c2ccccc2o1)N1C2CCC1CC(n1nccn1)C2. The molecule has 4 heterocycles. The number of hydrogen-bond donors (Lipinski definition) is 0. The highest BCUT2D eigenvalue weighted by molar-refractivity contribution is 5.93. The molecule has 2 unspecified atom stereocenters. The molecule has 2 aliphatic heterocycles. The molecule has 0 saturated carbocycles. The van der Waals surface area contributed by atoms with Crippen molar-refractivity contribution < 1.29 is 9.21 Å². The van der Waals surface area contributed by atoms with Gasteiger partial charge in [-0.05, 0) is 37.8 Å². The maximum absolute atomic E-state index is 13.1. The Kier molecular flexibility index (Phi) is 3.41. The summed E-state index contributed by atoms with van der Waals surface area (Å²) < 4.78 is 5.76. The molecule has 0 N–H and O–H groups in total. The van der Waals surface area contributed by atoms with E-state index in [1.165, 1.54) is 6.07 Å². The Hall–Kier alpha value is -2.96. The van der Waals surface area contributed by atoms with Crippen LogP contribution in [0, 0.1) is 0 Å². The van der Waals surface area contributed by atoms with Crippen LogP contribution >= 0.6 is 0 Å². The van der Waals surface area contributed by atoms with Crippen molar-refractivity contribution in [2.24, 2.45) is 0 Å². The second-order valence-corrected chi connectivity index (χ2v) is 7.04. The van der Waals surface area contributed by atoms with Gasteiger partial charge in [-0.2, -0.15) is 15.0 Å². The number of hydrogen-bond acceptors (Lipinski definition) is 5. The van der Waals surface area contributed by atoms with Crippen molar-refractivity contribution in [1.29, 1.82) is 0 Å². The molecule has 0 radical (unpaired) electrons. The first-order valence-corrected chi connectivity index (χ1v) is 8.92. The molecule has 2 bridgehead atoms. The van der Waals surface area contributed by atoms with Crippen LogP contribution in [0.25, 0.3) is 11.0 Å². The summed E-state index contributed by atoms with van der Waals surface area (Å²) in [6.45, 7) is 0. The van der Waals surface area contributed by atoms with Crippen LogP contribution in [0.5, 0.6) is 0 Å². The predicted molar refractivity (Wildman–Crippen MR) is 93.8 cm³/mol. The minimum atomic E-state index is -0.188. The fraction of sp³-hybridized carbons (Fsp3) is 0.368. The van der Waals surface area contributed by atoms with E-state index in [-0.39, 0.29) is 35.2 Å². The van der Waals surface area contributed by atoms with Gasteiger partial charge in [0.1, 0.15) is 5.58 Å². The Morgan fingerprint density at radius 2 is 1.73 bits per heavy atom. The number of rotatable bonds is 2. The van der Waals surface area contributed by atoms with Crippen LogP contribution in [0.2, 0.25) is 0 Å². The third-order valence-electron chi connectivity index (χ3n) is 5.55. The molecule has 1 aromatic carbocycles. The third kappa shape index (κ3) is 2.34. The monoisotopic (exact) mass is 350 g/mol. The van der Waals surface area contributed by atoms with Gasteiger partial charge in [0.05, 0.1) is 23.8 Å². The van der Waals surface area contributed by atoms with Crippen molar-refractivity contribution in [3.05, 3.63) is 58.7 Å². The highest BCUT2D eigenvalue weighted by atomic mass is 16.3. The van der Waals surface area contributed by atoms with Gasteiger partial charge in [0.15, 0.2) is 11.2 Å². The predicted octanol–water partition coefficient (Wildman–Crippen LogP) is 2.39. The molecule has 3 aromatic rings. The first-order valence-electron chi connectivity index (χ1n) is 8.92. The number of benzene rings is 1. The number of piperidine rings is 1. The molecule has 5 rings (SSSR count). The van der Waals surface area contributed by atoms with Gasteiger partial charge in [0, 0.05) is 18.2 Å². The van der Waals surface area contributed by atoms with Crippen LogP contribution in [0.4, 0.5) is 0 Å². The summed E-state index contributed by atoms with van der Waals surface area (Å²) in [4.78, 5) is 29.1. The Labute approximate surface area is 149 Å². The molecule has 2 atom stereocenters. The van der Waals surface area contributed by atoms with Crippen molar-refractivity contribution in [3.8, 4) is 0 Å². The fourth-order valence-electron chi connectivity index (χ4n) is 4.42. The van der Waals surface area contributed by atoms with Crippen molar-refractivity contribution in [2.45, 2.75) is 43.8 Å². The average molecular weight is 350 g/mol. The molecule has 2 aromatic heterocycles. The van der Waals surface area contributed by atoms with Gasteiger partial charge in [-0.1, -0.05) is 12.1 Å². The van der Waals surface area contributed by atoms with Gasteiger partial charge in [-0.15, -0.1) is 0 Å². The number of aromatic nitrogens is 3. The van der Waals surface area contributed by atoms with Crippen LogP contribution in [0.1, 0.15) is 42.3 Å². The molecular weight excluding hydrogens is 332 g/mol. The van der Waals surface area contributed by atoms with Gasteiger partial charge in [0.25, 0.3) is 5.91 Å². The highest BCUT2D eigenvalue weighted by Gasteiger charge is 2.45. The van der Waals surface area contributed by atoms with E-state index in [9.17, 15) is 9.59 Å². The zero-order chi connectivity index (χ0) is 17.7. The van der Waals surface area contributed by atoms with Crippen molar-refractivity contribution >= 4 is 16.9 Å². The molecule has 7 nitrogen and oxygen atoms in total. The lowest BCUT2D eigenvalue weighted by Gasteiger charge is -2.38. The van der Waals surface area contributed by atoms with Crippen LogP contribution in [-0.2, 0) is 0 Å². The van der Waals surface area contributed by atoms with Crippen LogP contribution < -0.4 is 5.43 Å². The quantitative estimate of drug-likeness (QED) is 0.709. The summed E-state index contributed by atoms with van der Waals surface area (Å²) in [6.07, 6.45) is 6.95. The van der Waals surface area contributed by atoms with Gasteiger partial charge < -0.3 is 9.32 Å². The van der Waals surface area contributed by atoms with Gasteiger partial charge >= 0.3 is 0 Å². The fourth-order valence-corrected chi connectivity index (χ4v) is 4.42. The van der Waals surface area contributed by atoms with E-state index in [1.807, 2.05) is 4.90 Å². The Balaban J connectivity index is 1.46. The summed E-state index contributed by atoms with van der Waals surface area (Å²) in [7, 11) is 0. The molecule has 0 aliphatic carbocycles. The van der Waals surface area contributed by atoms with Crippen molar-refractivity contribution in [1.82, 2.24) is 19.9 Å². The molecule has 26 heavy (non-hydrogen) atoms. The van der Waals surface area contributed by atoms with E-state index in [1.54, 1.807) is 41.5 Å². The normalized spacial score (nSPS) is 24.9. The molecular formula is C19H18N4O3.